The highest BCUT2D eigenvalue weighted by molar-refractivity contribution is 7.13. The number of esters is 2. The first kappa shape index (κ1) is 20.6. The van der Waals surface area contributed by atoms with E-state index >= 15 is 0 Å². The topological polar surface area (TPSA) is 89.9 Å². The van der Waals surface area contributed by atoms with E-state index in [-0.39, 0.29) is 12.4 Å². The summed E-state index contributed by atoms with van der Waals surface area (Å²) in [5, 5.41) is 6.44. The summed E-state index contributed by atoms with van der Waals surface area (Å²) in [6.45, 7) is 7.56. The fraction of sp³-hybridized carbons (Fsp3) is 0.368. The van der Waals surface area contributed by atoms with E-state index in [9.17, 15) is 9.59 Å². The summed E-state index contributed by atoms with van der Waals surface area (Å²) in [6.07, 6.45) is 1.66. The number of anilines is 1. The molecule has 27 heavy (non-hydrogen) atoms. The van der Waals surface area contributed by atoms with Crippen LogP contribution in [0, 0.1) is 0 Å². The average molecular weight is 389 g/mol. The van der Waals surface area contributed by atoms with E-state index in [4.69, 9.17) is 9.47 Å². The Labute approximate surface area is 162 Å². The molecule has 0 radical (unpaired) electrons. The molecule has 0 atom stereocenters. The largest absolute Gasteiger partial charge is 0.466 e. The van der Waals surface area contributed by atoms with Crippen LogP contribution in [0.25, 0.3) is 0 Å². The van der Waals surface area contributed by atoms with Gasteiger partial charge in [0.2, 0.25) is 5.13 Å². The third-order valence-corrected chi connectivity index (χ3v) is 3.92. The maximum atomic E-state index is 12.3. The lowest BCUT2D eigenvalue weighted by molar-refractivity contribution is -0.142. The van der Waals surface area contributed by atoms with Gasteiger partial charge < -0.3 is 9.47 Å². The zero-order valence-corrected chi connectivity index (χ0v) is 16.6. The van der Waals surface area contributed by atoms with Gasteiger partial charge in [-0.05, 0) is 33.8 Å². The quantitative estimate of drug-likeness (QED) is 0.442. The molecule has 1 aromatic heterocycles. The highest BCUT2D eigenvalue weighted by Gasteiger charge is 2.19. The Hall–Kier alpha value is -2.74. The van der Waals surface area contributed by atoms with Crippen LogP contribution < -0.4 is 5.43 Å². The Morgan fingerprint density at radius 2 is 2.04 bits per heavy atom. The van der Waals surface area contributed by atoms with E-state index in [1.54, 1.807) is 30.5 Å². The molecular weight excluding hydrogens is 366 g/mol. The fourth-order valence-electron chi connectivity index (χ4n) is 2.09. The molecule has 0 fully saturated rings. The van der Waals surface area contributed by atoms with Gasteiger partial charge in [0.15, 0.2) is 0 Å². The van der Waals surface area contributed by atoms with Gasteiger partial charge >= 0.3 is 11.9 Å². The predicted molar refractivity (Wildman–Crippen MR) is 105 cm³/mol. The number of hydrazone groups is 1. The first-order valence-corrected chi connectivity index (χ1v) is 9.38. The summed E-state index contributed by atoms with van der Waals surface area (Å²) in [5.74, 6) is -0.723. The van der Waals surface area contributed by atoms with Crippen LogP contribution in [0.4, 0.5) is 5.13 Å². The molecule has 7 nitrogen and oxygen atoms in total. The molecule has 0 saturated carbocycles. The Morgan fingerprint density at radius 3 is 2.74 bits per heavy atom. The van der Waals surface area contributed by atoms with Crippen LogP contribution in [0.2, 0.25) is 0 Å². The van der Waals surface area contributed by atoms with Crippen LogP contribution in [-0.4, -0.2) is 35.3 Å². The van der Waals surface area contributed by atoms with Gasteiger partial charge in [0, 0.05) is 10.9 Å². The molecule has 144 valence electrons. The minimum Gasteiger partial charge on any atom is -0.466 e. The van der Waals surface area contributed by atoms with Gasteiger partial charge in [-0.3, -0.25) is 10.2 Å². The molecule has 2 rings (SSSR count). The van der Waals surface area contributed by atoms with Crippen molar-refractivity contribution in [2.75, 3.05) is 12.0 Å². The molecular formula is C19H23N3O4S. The minimum atomic E-state index is -0.574. The molecule has 1 heterocycles. The fourth-order valence-corrected chi connectivity index (χ4v) is 2.74. The molecule has 0 aliphatic rings. The lowest BCUT2D eigenvalue weighted by Gasteiger charge is -2.20. The molecule has 0 amide bonds. The van der Waals surface area contributed by atoms with Crippen molar-refractivity contribution in [2.24, 2.45) is 5.10 Å². The molecule has 0 bridgehead atoms. The van der Waals surface area contributed by atoms with E-state index in [1.807, 2.05) is 26.8 Å². The molecule has 2 aromatic rings. The number of thiazole rings is 1. The van der Waals surface area contributed by atoms with Crippen molar-refractivity contribution >= 4 is 34.6 Å². The first-order chi connectivity index (χ1) is 12.8. The lowest BCUT2D eigenvalue weighted by atomic mass is 10.1. The van der Waals surface area contributed by atoms with Crippen molar-refractivity contribution in [2.45, 2.75) is 39.7 Å². The van der Waals surface area contributed by atoms with Crippen molar-refractivity contribution in [1.82, 2.24) is 4.98 Å². The summed E-state index contributed by atoms with van der Waals surface area (Å²) in [7, 11) is 0. The molecule has 0 spiro atoms. The maximum absolute atomic E-state index is 12.3. The van der Waals surface area contributed by atoms with Crippen LogP contribution in [0.1, 0.15) is 49.3 Å². The summed E-state index contributed by atoms with van der Waals surface area (Å²) >= 11 is 1.33. The number of ether oxygens (including phenoxy) is 2. The molecule has 0 aliphatic heterocycles. The molecule has 1 N–H and O–H groups in total. The standard InChI is InChI=1S/C19H23N3O4S/c1-5-25-16(23)10-14-12-27-18(21-14)22-20-11-13-8-6-7-9-15(13)17(24)26-19(2,3)4/h6-9,11-12H,5,10H2,1-4H3,(H,21,22). The highest BCUT2D eigenvalue weighted by atomic mass is 32.1. The second-order valence-corrected chi connectivity index (χ2v) is 7.44. The van der Waals surface area contributed by atoms with Gasteiger partial charge in [0.1, 0.15) is 5.60 Å². The number of nitrogens with one attached hydrogen (secondary N) is 1. The van der Waals surface area contributed by atoms with E-state index in [2.05, 4.69) is 15.5 Å². The van der Waals surface area contributed by atoms with Gasteiger partial charge in [-0.25, -0.2) is 9.78 Å². The van der Waals surface area contributed by atoms with E-state index in [0.29, 0.717) is 28.6 Å². The monoisotopic (exact) mass is 389 g/mol. The van der Waals surface area contributed by atoms with Crippen molar-refractivity contribution in [3.05, 3.63) is 46.5 Å². The number of aromatic nitrogens is 1. The second-order valence-electron chi connectivity index (χ2n) is 6.58. The van der Waals surface area contributed by atoms with Crippen molar-refractivity contribution < 1.29 is 19.1 Å². The Morgan fingerprint density at radius 1 is 1.30 bits per heavy atom. The van der Waals surface area contributed by atoms with Crippen molar-refractivity contribution in [1.29, 1.82) is 0 Å². The SMILES string of the molecule is CCOC(=O)Cc1csc(NN=Cc2ccccc2C(=O)OC(C)(C)C)n1. The number of rotatable bonds is 7. The summed E-state index contributed by atoms with van der Waals surface area (Å²) in [4.78, 5) is 28.1. The number of nitrogens with zero attached hydrogens (tertiary/aromatic N) is 2. The zero-order chi connectivity index (χ0) is 19.9. The predicted octanol–water partition coefficient (Wildman–Crippen LogP) is 3.65. The minimum absolute atomic E-state index is 0.122. The van der Waals surface area contributed by atoms with Crippen LogP contribution in [-0.2, 0) is 20.7 Å². The zero-order valence-electron chi connectivity index (χ0n) is 15.8. The number of benzene rings is 1. The first-order valence-electron chi connectivity index (χ1n) is 8.50. The lowest BCUT2D eigenvalue weighted by Crippen LogP contribution is -2.24. The van der Waals surface area contributed by atoms with Crippen LogP contribution in [0.3, 0.4) is 0 Å². The highest BCUT2D eigenvalue weighted by Crippen LogP contribution is 2.17. The van der Waals surface area contributed by atoms with Gasteiger partial charge in [-0.15, -0.1) is 11.3 Å². The molecule has 0 saturated heterocycles. The van der Waals surface area contributed by atoms with Gasteiger partial charge in [-0.2, -0.15) is 5.10 Å². The molecule has 1 aromatic carbocycles. The number of carbonyl (C=O) groups is 2. The summed E-state index contributed by atoms with van der Waals surface area (Å²) in [6, 6.07) is 7.05. The van der Waals surface area contributed by atoms with Crippen LogP contribution in [0.15, 0.2) is 34.7 Å². The van der Waals surface area contributed by atoms with E-state index < -0.39 is 11.6 Å². The normalized spacial score (nSPS) is 11.4. The van der Waals surface area contributed by atoms with Gasteiger partial charge in [0.05, 0.1) is 30.5 Å². The van der Waals surface area contributed by atoms with Gasteiger partial charge in [-0.1, -0.05) is 18.2 Å². The van der Waals surface area contributed by atoms with Crippen molar-refractivity contribution in [3.63, 3.8) is 0 Å². The molecule has 8 heteroatoms. The van der Waals surface area contributed by atoms with Crippen LogP contribution >= 0.6 is 11.3 Å². The van der Waals surface area contributed by atoms with E-state index in [1.165, 1.54) is 17.6 Å². The van der Waals surface area contributed by atoms with Gasteiger partial charge in [0.25, 0.3) is 0 Å². The summed E-state index contributed by atoms with van der Waals surface area (Å²) in [5.41, 5.74) is 3.91. The third kappa shape index (κ3) is 6.82. The maximum Gasteiger partial charge on any atom is 0.339 e. The number of hydrogen-bond acceptors (Lipinski definition) is 8. The smallest absolute Gasteiger partial charge is 0.339 e. The average Bonchev–Trinajstić information content (AvgIpc) is 3.01. The van der Waals surface area contributed by atoms with E-state index in [0.717, 1.165) is 0 Å². The Bertz CT molecular complexity index is 824. The third-order valence-electron chi connectivity index (χ3n) is 3.13. The Balaban J connectivity index is 2.02. The Kier molecular flexibility index (Phi) is 7.06. The summed E-state index contributed by atoms with van der Waals surface area (Å²) < 4.78 is 10.3. The number of carbonyl (C=O) groups excluding carboxylic acids is 2. The molecule has 0 aliphatic carbocycles. The van der Waals surface area contributed by atoms with Crippen molar-refractivity contribution in [3.8, 4) is 0 Å². The van der Waals surface area contributed by atoms with Crippen LogP contribution in [0.5, 0.6) is 0 Å². The second kappa shape index (κ2) is 9.27. The number of hydrogen-bond donors (Lipinski definition) is 1. The molecule has 0 unspecified atom stereocenters.